The van der Waals surface area contributed by atoms with Crippen LogP contribution < -0.4 is 15.6 Å². The molecular formula is C22H26FN6O5P. The molecule has 0 saturated heterocycles. The van der Waals surface area contributed by atoms with Crippen molar-refractivity contribution in [2.75, 3.05) is 25.0 Å². The zero-order valence-corrected chi connectivity index (χ0v) is 20.1. The number of nitrogens with zero attached hydrogens (tertiary/aromatic N) is 4. The number of para-hydroxylation sites is 1. The van der Waals surface area contributed by atoms with Crippen molar-refractivity contribution < 1.29 is 28.1 Å². The first-order valence-electron chi connectivity index (χ1n) is 10.9. The van der Waals surface area contributed by atoms with Crippen molar-refractivity contribution in [2.24, 2.45) is 0 Å². The van der Waals surface area contributed by atoms with Crippen molar-refractivity contribution in [1.29, 1.82) is 0 Å². The summed E-state index contributed by atoms with van der Waals surface area (Å²) in [5.74, 6) is -0.0583. The van der Waals surface area contributed by atoms with Gasteiger partial charge in [0.05, 0.1) is 19.3 Å². The first-order chi connectivity index (χ1) is 17.0. The van der Waals surface area contributed by atoms with Crippen LogP contribution in [-0.4, -0.2) is 57.1 Å². The summed E-state index contributed by atoms with van der Waals surface area (Å²) in [7, 11) is -1.17. The molecule has 0 saturated carbocycles. The molecule has 1 unspecified atom stereocenters. The summed E-state index contributed by atoms with van der Waals surface area (Å²) in [6, 6.07) is 8.70. The number of benzene rings is 1. The lowest BCUT2D eigenvalue weighted by atomic mass is 10.3. The van der Waals surface area contributed by atoms with Gasteiger partial charge < -0.3 is 24.7 Å². The Morgan fingerprint density at radius 3 is 2.86 bits per heavy atom. The second-order valence-electron chi connectivity index (χ2n) is 7.52. The van der Waals surface area contributed by atoms with Gasteiger partial charge in [-0.15, -0.1) is 0 Å². The first-order valence-corrected chi connectivity index (χ1v) is 12.6. The average Bonchev–Trinajstić information content (AvgIpc) is 3.45. The highest BCUT2D eigenvalue weighted by molar-refractivity contribution is 7.55. The Bertz CT molecular complexity index is 1180. The molecule has 1 aliphatic heterocycles. The number of carbonyl (C=O) groups excluding carboxylic acids is 1. The third-order valence-electron chi connectivity index (χ3n) is 4.98. The molecule has 0 spiro atoms. The van der Waals surface area contributed by atoms with Gasteiger partial charge in [0.15, 0.2) is 29.8 Å². The van der Waals surface area contributed by atoms with Gasteiger partial charge >= 0.3 is 5.97 Å². The number of carbonyl (C=O) groups is 1. The molecule has 1 aliphatic rings. The maximum Gasteiger partial charge on any atom is 0.323 e. The minimum atomic E-state index is -1.17. The van der Waals surface area contributed by atoms with Crippen molar-refractivity contribution in [2.45, 2.75) is 32.4 Å². The fraction of sp³-hybridized carbons (Fsp3) is 0.364. The van der Waals surface area contributed by atoms with Gasteiger partial charge in [-0.3, -0.25) is 14.4 Å². The smallest absolute Gasteiger partial charge is 0.323 e. The Labute approximate surface area is 202 Å². The van der Waals surface area contributed by atoms with E-state index in [0.29, 0.717) is 16.9 Å². The van der Waals surface area contributed by atoms with E-state index in [0.717, 1.165) is 0 Å². The lowest BCUT2D eigenvalue weighted by molar-refractivity contribution is -0.144. The molecule has 13 heteroatoms. The van der Waals surface area contributed by atoms with Gasteiger partial charge in [-0.1, -0.05) is 18.2 Å². The van der Waals surface area contributed by atoms with E-state index in [9.17, 15) is 9.18 Å². The van der Waals surface area contributed by atoms with E-state index in [4.69, 9.17) is 24.7 Å². The van der Waals surface area contributed by atoms with Gasteiger partial charge in [0.2, 0.25) is 0 Å². The number of hydrogen-bond acceptors (Lipinski definition) is 10. The van der Waals surface area contributed by atoms with Crippen LogP contribution in [0.3, 0.4) is 0 Å². The van der Waals surface area contributed by atoms with Crippen LogP contribution in [0.25, 0.3) is 11.2 Å². The van der Waals surface area contributed by atoms with Crippen LogP contribution in [0, 0.1) is 0 Å². The lowest BCUT2D eigenvalue weighted by Crippen LogP contribution is -2.34. The minimum absolute atomic E-state index is 0.132. The molecule has 1 aromatic carbocycles. The number of rotatable bonds is 11. The van der Waals surface area contributed by atoms with Gasteiger partial charge in [0, 0.05) is 14.1 Å². The van der Waals surface area contributed by atoms with Crippen molar-refractivity contribution in [3.05, 3.63) is 54.9 Å². The van der Waals surface area contributed by atoms with Crippen molar-refractivity contribution in [3.63, 3.8) is 0 Å². The molecular weight excluding hydrogens is 478 g/mol. The van der Waals surface area contributed by atoms with Gasteiger partial charge in [-0.25, -0.2) is 19.3 Å². The highest BCUT2D eigenvalue weighted by Gasteiger charge is 2.32. The number of anilines is 1. The second-order valence-corrected chi connectivity index (χ2v) is 9.37. The standard InChI is InChI=1S/C22H26FN6O5P/c1-3-31-22(30)14(2)28-35(12-32-15-7-5-4-6-8-15)13-33-17-9-16(23)21(34-17)29-11-27-18-19(24)25-10-26-20(18)29/h4-11,14,17,21,28H,3,12-13H2,1-2H3,(H2,24,25,26)/t14-,17-,21?,35-/m0/s1. The van der Waals surface area contributed by atoms with Crippen molar-refractivity contribution in [1.82, 2.24) is 24.6 Å². The number of esters is 1. The van der Waals surface area contributed by atoms with Crippen molar-refractivity contribution in [3.8, 4) is 5.75 Å². The van der Waals surface area contributed by atoms with E-state index in [1.165, 1.54) is 23.3 Å². The Hall–Kier alpha value is -3.18. The molecule has 2 aromatic heterocycles. The van der Waals surface area contributed by atoms with Crippen LogP contribution in [0.5, 0.6) is 5.75 Å². The molecule has 4 atom stereocenters. The first kappa shape index (κ1) is 24.9. The molecule has 3 heterocycles. The number of imidazole rings is 1. The monoisotopic (exact) mass is 504 g/mol. The molecule has 35 heavy (non-hydrogen) atoms. The van der Waals surface area contributed by atoms with Crippen LogP contribution in [0.1, 0.15) is 20.1 Å². The van der Waals surface area contributed by atoms with E-state index in [-0.39, 0.29) is 31.1 Å². The quantitative estimate of drug-likeness (QED) is 0.296. The van der Waals surface area contributed by atoms with Gasteiger partial charge in [-0.05, 0) is 26.0 Å². The van der Waals surface area contributed by atoms with Gasteiger partial charge in [-0.2, -0.15) is 0 Å². The van der Waals surface area contributed by atoms with Gasteiger partial charge in [0.1, 0.15) is 30.0 Å². The van der Waals surface area contributed by atoms with Crippen LogP contribution >= 0.6 is 8.07 Å². The molecule has 186 valence electrons. The molecule has 0 aliphatic carbocycles. The molecule has 11 nitrogen and oxygen atoms in total. The van der Waals surface area contributed by atoms with Crippen molar-refractivity contribution >= 4 is 31.0 Å². The number of fused-ring (bicyclic) bond motifs is 1. The van der Waals surface area contributed by atoms with Crippen LogP contribution in [0.15, 0.2) is 54.9 Å². The number of aromatic nitrogens is 4. The molecule has 0 amide bonds. The predicted molar refractivity (Wildman–Crippen MR) is 127 cm³/mol. The highest BCUT2D eigenvalue weighted by Crippen LogP contribution is 2.37. The van der Waals surface area contributed by atoms with E-state index in [1.807, 2.05) is 30.3 Å². The number of nitrogens with one attached hydrogen (secondary N) is 1. The summed E-state index contributed by atoms with van der Waals surface area (Å²) >= 11 is 0. The topological polar surface area (TPSA) is 136 Å². The van der Waals surface area contributed by atoms with Crippen LogP contribution in [0.4, 0.5) is 10.2 Å². The molecule has 0 bridgehead atoms. The summed E-state index contributed by atoms with van der Waals surface area (Å²) < 4.78 is 38.7. The fourth-order valence-corrected chi connectivity index (χ4v) is 4.82. The lowest BCUT2D eigenvalue weighted by Gasteiger charge is -2.24. The second kappa shape index (κ2) is 11.5. The molecule has 3 N–H and O–H groups in total. The minimum Gasteiger partial charge on any atom is -0.488 e. The normalized spacial score (nSPS) is 19.3. The third kappa shape index (κ3) is 6.09. The molecule has 3 aromatic rings. The Morgan fingerprint density at radius 1 is 1.29 bits per heavy atom. The molecule has 0 radical (unpaired) electrons. The number of nitrogens with two attached hydrogens (primary N) is 1. The summed E-state index contributed by atoms with van der Waals surface area (Å²) in [4.78, 5) is 24.2. The summed E-state index contributed by atoms with van der Waals surface area (Å²) in [6.45, 7) is 3.73. The molecule has 0 fully saturated rings. The van der Waals surface area contributed by atoms with Crippen LogP contribution in [-0.2, 0) is 19.0 Å². The van der Waals surface area contributed by atoms with E-state index < -0.39 is 32.5 Å². The number of hydrogen-bond donors (Lipinski definition) is 2. The SMILES string of the molecule is CCOC(=O)[C@H](C)N[P@@](COc1ccccc1)CO[C@@H]1C=C(F)C(n2cnc3c(N)ncnc32)O1. The highest BCUT2D eigenvalue weighted by atomic mass is 31.1. The largest absolute Gasteiger partial charge is 0.488 e. The summed E-state index contributed by atoms with van der Waals surface area (Å²) in [6.07, 6.45) is 2.23. The zero-order valence-electron chi connectivity index (χ0n) is 19.2. The average molecular weight is 504 g/mol. The number of halogens is 1. The van der Waals surface area contributed by atoms with E-state index >= 15 is 0 Å². The number of ether oxygens (including phenoxy) is 4. The number of nitrogen functional groups attached to an aromatic ring is 1. The van der Waals surface area contributed by atoms with Gasteiger partial charge in [0.25, 0.3) is 0 Å². The zero-order chi connectivity index (χ0) is 24.8. The van der Waals surface area contributed by atoms with Crippen LogP contribution in [0.2, 0.25) is 0 Å². The maximum atomic E-state index is 14.8. The Balaban J connectivity index is 1.39. The summed E-state index contributed by atoms with van der Waals surface area (Å²) in [5, 5.41) is 3.20. The van der Waals surface area contributed by atoms with E-state index in [1.54, 1.807) is 13.8 Å². The van der Waals surface area contributed by atoms with E-state index in [2.05, 4.69) is 20.0 Å². The summed E-state index contributed by atoms with van der Waals surface area (Å²) in [5.41, 5.74) is 6.51. The Kier molecular flexibility index (Phi) is 8.19. The predicted octanol–water partition coefficient (Wildman–Crippen LogP) is 3.07. The fourth-order valence-electron chi connectivity index (χ4n) is 3.31. The Morgan fingerprint density at radius 2 is 2.09 bits per heavy atom. The third-order valence-corrected chi connectivity index (χ3v) is 6.63. The molecule has 4 rings (SSSR count). The maximum absolute atomic E-state index is 14.8.